The third-order valence-corrected chi connectivity index (χ3v) is 7.61. The molecule has 1 aliphatic rings. The molecular weight excluding hydrogens is 490 g/mol. The van der Waals surface area contributed by atoms with Crippen molar-refractivity contribution in [2.75, 3.05) is 5.32 Å². The average Bonchev–Trinajstić information content (AvgIpc) is 3.73. The topological polar surface area (TPSA) is 125 Å². The highest BCUT2D eigenvalue weighted by Gasteiger charge is 2.18. The second-order valence-electron chi connectivity index (χ2n) is 10.3. The summed E-state index contributed by atoms with van der Waals surface area (Å²) in [7, 11) is 0. The van der Waals surface area contributed by atoms with E-state index in [9.17, 15) is 4.79 Å². The van der Waals surface area contributed by atoms with Gasteiger partial charge in [0.25, 0.3) is 0 Å². The Hall–Kier alpha value is -4.79. The first-order valence-corrected chi connectivity index (χ1v) is 13.3. The lowest BCUT2D eigenvalue weighted by Gasteiger charge is -2.20. The van der Waals surface area contributed by atoms with E-state index in [1.54, 1.807) is 31.1 Å². The monoisotopic (exact) mass is 517 g/mol. The van der Waals surface area contributed by atoms with Crippen molar-refractivity contribution < 1.29 is 9.21 Å². The number of nitrogens with zero attached hydrogens (tertiary/aromatic N) is 4. The van der Waals surface area contributed by atoms with Crippen LogP contribution in [0.2, 0.25) is 0 Å². The van der Waals surface area contributed by atoms with E-state index < -0.39 is 0 Å². The van der Waals surface area contributed by atoms with E-state index in [4.69, 9.17) is 4.42 Å². The highest BCUT2D eigenvalue weighted by atomic mass is 16.3. The molecule has 6 aromatic rings. The van der Waals surface area contributed by atoms with Gasteiger partial charge in [0, 0.05) is 58.0 Å². The molecule has 39 heavy (non-hydrogen) atoms. The minimum absolute atomic E-state index is 0.0506. The molecular formula is C30H27N7O2. The maximum absolute atomic E-state index is 12.7. The number of aromatic nitrogens is 6. The van der Waals surface area contributed by atoms with Crippen molar-refractivity contribution in [3.8, 4) is 33.6 Å². The van der Waals surface area contributed by atoms with Crippen LogP contribution in [0.15, 0.2) is 72.2 Å². The molecule has 0 aliphatic heterocycles. The molecule has 6 aromatic heterocycles. The van der Waals surface area contributed by atoms with Gasteiger partial charge in [-0.15, -0.1) is 0 Å². The molecule has 0 bridgehead atoms. The van der Waals surface area contributed by atoms with Gasteiger partial charge in [-0.1, -0.05) is 19.3 Å². The summed E-state index contributed by atoms with van der Waals surface area (Å²) in [5.41, 5.74) is 7.64. The Balaban J connectivity index is 1.19. The molecule has 194 valence electrons. The third kappa shape index (κ3) is 4.56. The minimum atomic E-state index is 0.0506. The van der Waals surface area contributed by atoms with Gasteiger partial charge in [0.1, 0.15) is 0 Å². The number of H-pyrrole nitrogens is 2. The van der Waals surface area contributed by atoms with Crippen LogP contribution in [0.4, 0.5) is 5.69 Å². The summed E-state index contributed by atoms with van der Waals surface area (Å²) in [6, 6.07) is 8.00. The summed E-state index contributed by atoms with van der Waals surface area (Å²) in [5, 5.41) is 12.5. The van der Waals surface area contributed by atoms with Crippen LogP contribution < -0.4 is 5.32 Å². The lowest BCUT2D eigenvalue weighted by Crippen LogP contribution is -2.18. The number of hydrogen-bond acceptors (Lipinski definition) is 6. The number of carbonyl (C=O) groups is 1. The Bertz CT molecular complexity index is 1780. The van der Waals surface area contributed by atoms with Crippen molar-refractivity contribution in [1.82, 2.24) is 30.1 Å². The molecule has 1 fully saturated rings. The van der Waals surface area contributed by atoms with Crippen LogP contribution in [0.25, 0.3) is 55.6 Å². The molecule has 0 radical (unpaired) electrons. The molecule has 0 saturated heterocycles. The van der Waals surface area contributed by atoms with Gasteiger partial charge in [-0.05, 0) is 43.0 Å². The predicted octanol–water partition coefficient (Wildman–Crippen LogP) is 6.73. The van der Waals surface area contributed by atoms with Crippen molar-refractivity contribution in [3.05, 3.63) is 67.8 Å². The van der Waals surface area contributed by atoms with Gasteiger partial charge >= 0.3 is 0 Å². The summed E-state index contributed by atoms with van der Waals surface area (Å²) in [4.78, 5) is 29.5. The minimum Gasteiger partial charge on any atom is -0.472 e. The molecule has 6 heterocycles. The molecule has 1 amide bonds. The number of anilines is 1. The van der Waals surface area contributed by atoms with E-state index >= 15 is 0 Å². The summed E-state index contributed by atoms with van der Waals surface area (Å²) in [6.07, 6.45) is 18.8. The third-order valence-electron chi connectivity index (χ3n) is 7.61. The van der Waals surface area contributed by atoms with Crippen LogP contribution in [0, 0.1) is 5.92 Å². The predicted molar refractivity (Wildman–Crippen MR) is 150 cm³/mol. The number of furan rings is 1. The van der Waals surface area contributed by atoms with Crippen molar-refractivity contribution in [3.63, 3.8) is 0 Å². The van der Waals surface area contributed by atoms with Crippen molar-refractivity contribution in [2.45, 2.75) is 38.5 Å². The Labute approximate surface area is 224 Å². The Morgan fingerprint density at radius 2 is 1.82 bits per heavy atom. The Morgan fingerprint density at radius 3 is 2.69 bits per heavy atom. The zero-order valence-electron chi connectivity index (χ0n) is 21.3. The zero-order chi connectivity index (χ0) is 26.2. The van der Waals surface area contributed by atoms with Gasteiger partial charge < -0.3 is 14.7 Å². The maximum Gasteiger partial charge on any atom is 0.224 e. The SMILES string of the molecule is O=C(CC1CCCCC1)Nc1cncc(-c2cnc3n[nH]c(-c4cc5c(-c6ccoc6)cncc5[nH]4)c3c2)c1. The Kier molecular flexibility index (Phi) is 5.88. The molecule has 0 aromatic carbocycles. The van der Waals surface area contributed by atoms with Crippen LogP contribution in [0.3, 0.4) is 0 Å². The van der Waals surface area contributed by atoms with Gasteiger partial charge in [-0.25, -0.2) is 4.98 Å². The molecule has 0 spiro atoms. The van der Waals surface area contributed by atoms with E-state index in [0.717, 1.165) is 62.8 Å². The number of amides is 1. The van der Waals surface area contributed by atoms with Gasteiger partial charge in [0.2, 0.25) is 5.91 Å². The molecule has 0 unspecified atom stereocenters. The van der Waals surface area contributed by atoms with Gasteiger partial charge in [-0.2, -0.15) is 5.10 Å². The molecule has 1 saturated carbocycles. The van der Waals surface area contributed by atoms with Crippen LogP contribution in [0.5, 0.6) is 0 Å². The first kappa shape index (κ1) is 23.3. The quantitative estimate of drug-likeness (QED) is 0.225. The summed E-state index contributed by atoms with van der Waals surface area (Å²) in [5.74, 6) is 0.534. The van der Waals surface area contributed by atoms with Gasteiger partial charge in [-0.3, -0.25) is 19.9 Å². The molecule has 0 atom stereocenters. The fourth-order valence-corrected chi connectivity index (χ4v) is 5.63. The zero-order valence-corrected chi connectivity index (χ0v) is 21.3. The highest BCUT2D eigenvalue weighted by Crippen LogP contribution is 2.34. The van der Waals surface area contributed by atoms with Crippen molar-refractivity contribution in [1.29, 1.82) is 0 Å². The summed E-state index contributed by atoms with van der Waals surface area (Å²) in [6.45, 7) is 0. The molecule has 1 aliphatic carbocycles. The normalized spacial score (nSPS) is 14.3. The lowest BCUT2D eigenvalue weighted by atomic mass is 9.87. The van der Waals surface area contributed by atoms with E-state index in [-0.39, 0.29) is 5.91 Å². The van der Waals surface area contributed by atoms with E-state index in [0.29, 0.717) is 23.7 Å². The van der Waals surface area contributed by atoms with Crippen molar-refractivity contribution >= 4 is 33.5 Å². The largest absolute Gasteiger partial charge is 0.472 e. The van der Waals surface area contributed by atoms with Gasteiger partial charge in [0.15, 0.2) is 5.65 Å². The molecule has 9 nitrogen and oxygen atoms in total. The molecule has 7 rings (SSSR count). The number of hydrogen-bond donors (Lipinski definition) is 3. The fraction of sp³-hybridized carbons (Fsp3) is 0.233. The van der Waals surface area contributed by atoms with Crippen LogP contribution in [-0.2, 0) is 4.79 Å². The fourth-order valence-electron chi connectivity index (χ4n) is 5.63. The first-order valence-electron chi connectivity index (χ1n) is 13.3. The number of carbonyl (C=O) groups excluding carboxylic acids is 1. The standard InChI is InChI=1S/C30H27N7O2/c38-28(8-18-4-2-1-3-5-18)34-22-9-20(12-31-14-22)21-10-24-29(36-37-30(24)33-13-21)26-11-23-25(19-6-7-39-17-19)15-32-16-27(23)35-26/h6-7,9-18,35H,1-5,8H2,(H,34,38)(H,33,36,37). The smallest absolute Gasteiger partial charge is 0.224 e. The van der Waals surface area contributed by atoms with E-state index in [2.05, 4.69) is 41.5 Å². The lowest BCUT2D eigenvalue weighted by molar-refractivity contribution is -0.117. The summed E-state index contributed by atoms with van der Waals surface area (Å²) >= 11 is 0. The number of rotatable bonds is 6. The van der Waals surface area contributed by atoms with E-state index in [1.165, 1.54) is 19.3 Å². The number of fused-ring (bicyclic) bond motifs is 2. The second-order valence-corrected chi connectivity index (χ2v) is 10.3. The number of nitrogens with one attached hydrogen (secondary N) is 3. The maximum atomic E-state index is 12.7. The first-order chi connectivity index (χ1) is 19.2. The number of aromatic amines is 2. The van der Waals surface area contributed by atoms with Crippen LogP contribution in [0.1, 0.15) is 38.5 Å². The van der Waals surface area contributed by atoms with Crippen LogP contribution >= 0.6 is 0 Å². The van der Waals surface area contributed by atoms with Crippen LogP contribution in [-0.4, -0.2) is 36.0 Å². The summed E-state index contributed by atoms with van der Waals surface area (Å²) < 4.78 is 5.28. The van der Waals surface area contributed by atoms with E-state index in [1.807, 2.05) is 30.6 Å². The second kappa shape index (κ2) is 9.83. The van der Waals surface area contributed by atoms with Gasteiger partial charge in [0.05, 0.1) is 47.5 Å². The Morgan fingerprint density at radius 1 is 0.949 bits per heavy atom. The molecule has 9 heteroatoms. The average molecular weight is 518 g/mol. The number of pyridine rings is 3. The highest BCUT2D eigenvalue weighted by molar-refractivity contribution is 6.00. The molecule has 3 N–H and O–H groups in total. The van der Waals surface area contributed by atoms with Crippen molar-refractivity contribution in [2.24, 2.45) is 5.92 Å².